The van der Waals surface area contributed by atoms with Gasteiger partial charge in [0.05, 0.1) is 0 Å². The first-order valence-corrected chi connectivity index (χ1v) is 5.90. The third kappa shape index (κ3) is 2.64. The zero-order valence-corrected chi connectivity index (χ0v) is 9.28. The van der Waals surface area contributed by atoms with Crippen LogP contribution in [0.5, 0.6) is 0 Å². The van der Waals surface area contributed by atoms with Gasteiger partial charge < -0.3 is 5.73 Å². The third-order valence-electron chi connectivity index (χ3n) is 2.49. The number of hydrogen-bond donors (Lipinski definition) is 1. The molecule has 0 amide bonds. The first kappa shape index (κ1) is 10.3. The molecule has 2 N–H and O–H groups in total. The van der Waals surface area contributed by atoms with E-state index in [0.717, 1.165) is 6.42 Å². The molecule has 0 saturated heterocycles. The van der Waals surface area contributed by atoms with E-state index in [1.54, 1.807) is 11.3 Å². The Morgan fingerprint density at radius 3 is 2.67 bits per heavy atom. The fourth-order valence-corrected chi connectivity index (χ4v) is 2.43. The van der Waals surface area contributed by atoms with Gasteiger partial charge >= 0.3 is 0 Å². The molecular weight excluding hydrogens is 204 g/mol. The Kier molecular flexibility index (Phi) is 3.48. The lowest BCUT2D eigenvalue weighted by Crippen LogP contribution is -2.14. The number of rotatable bonds is 4. The summed E-state index contributed by atoms with van der Waals surface area (Å²) in [6.07, 6.45) is 4.68. The Hall–Kier alpha value is -1.19. The quantitative estimate of drug-likeness (QED) is 0.856. The van der Waals surface area contributed by atoms with E-state index < -0.39 is 0 Å². The van der Waals surface area contributed by atoms with Crippen LogP contribution in [0, 0.1) is 0 Å². The van der Waals surface area contributed by atoms with Crippen molar-refractivity contribution in [3.05, 3.63) is 52.5 Å². The predicted octanol–water partition coefficient (Wildman–Crippen LogP) is 2.43. The lowest BCUT2D eigenvalue weighted by Gasteiger charge is -2.13. The van der Waals surface area contributed by atoms with Crippen LogP contribution in [0.25, 0.3) is 0 Å². The molecule has 2 aromatic heterocycles. The van der Waals surface area contributed by atoms with Crippen LogP contribution in [0.1, 0.15) is 16.4 Å². The molecule has 0 saturated carbocycles. The van der Waals surface area contributed by atoms with Gasteiger partial charge in [-0.05, 0) is 42.1 Å². The Morgan fingerprint density at radius 2 is 2.07 bits per heavy atom. The van der Waals surface area contributed by atoms with Crippen molar-refractivity contribution in [2.24, 2.45) is 5.73 Å². The second-order valence-corrected chi connectivity index (χ2v) is 4.53. The summed E-state index contributed by atoms with van der Waals surface area (Å²) in [5.74, 6) is 0.409. The third-order valence-corrected chi connectivity index (χ3v) is 3.39. The number of pyridine rings is 1. The van der Waals surface area contributed by atoms with Gasteiger partial charge in [0.2, 0.25) is 0 Å². The van der Waals surface area contributed by atoms with E-state index in [1.165, 1.54) is 10.4 Å². The van der Waals surface area contributed by atoms with Crippen LogP contribution in [0.2, 0.25) is 0 Å². The predicted molar refractivity (Wildman–Crippen MR) is 64.1 cm³/mol. The van der Waals surface area contributed by atoms with Gasteiger partial charge in [0.25, 0.3) is 0 Å². The lowest BCUT2D eigenvalue weighted by molar-refractivity contribution is 0.700. The average Bonchev–Trinajstić information content (AvgIpc) is 2.80. The van der Waals surface area contributed by atoms with Gasteiger partial charge in [0.15, 0.2) is 0 Å². The Bertz CT molecular complexity index is 383. The summed E-state index contributed by atoms with van der Waals surface area (Å²) >= 11 is 1.79. The highest BCUT2D eigenvalue weighted by Gasteiger charge is 2.10. The minimum absolute atomic E-state index is 0.409. The fourth-order valence-electron chi connectivity index (χ4n) is 1.64. The molecule has 0 aliphatic carbocycles. The van der Waals surface area contributed by atoms with Gasteiger partial charge in [-0.25, -0.2) is 0 Å². The monoisotopic (exact) mass is 218 g/mol. The van der Waals surface area contributed by atoms with Crippen LogP contribution in [-0.2, 0) is 6.42 Å². The van der Waals surface area contributed by atoms with Gasteiger partial charge in [-0.1, -0.05) is 6.07 Å². The van der Waals surface area contributed by atoms with E-state index in [2.05, 4.69) is 22.5 Å². The van der Waals surface area contributed by atoms with Gasteiger partial charge in [0.1, 0.15) is 0 Å². The maximum Gasteiger partial charge on any atom is 0.0270 e. The van der Waals surface area contributed by atoms with Crippen LogP contribution in [0.3, 0.4) is 0 Å². The molecule has 1 unspecified atom stereocenters. The summed E-state index contributed by atoms with van der Waals surface area (Å²) in [4.78, 5) is 5.41. The van der Waals surface area contributed by atoms with E-state index >= 15 is 0 Å². The van der Waals surface area contributed by atoms with Crippen LogP contribution < -0.4 is 5.73 Å². The Balaban J connectivity index is 2.12. The number of nitrogens with zero attached hydrogens (tertiary/aromatic N) is 1. The molecule has 2 nitrogen and oxygen atoms in total. The van der Waals surface area contributed by atoms with Crippen LogP contribution >= 0.6 is 11.3 Å². The van der Waals surface area contributed by atoms with Gasteiger partial charge in [0, 0.05) is 23.2 Å². The Labute approximate surface area is 93.8 Å². The molecule has 2 rings (SSSR count). The average molecular weight is 218 g/mol. The molecule has 0 radical (unpaired) electrons. The molecule has 0 fully saturated rings. The molecule has 1 atom stereocenters. The highest BCUT2D eigenvalue weighted by molar-refractivity contribution is 7.09. The standard InChI is InChI=1S/C12H14N2S/c13-9-11(8-12-2-1-7-15-12)10-3-5-14-6-4-10/h1-7,11H,8-9,13H2. The summed E-state index contributed by atoms with van der Waals surface area (Å²) in [6.45, 7) is 0.682. The van der Waals surface area contributed by atoms with Gasteiger partial charge in [-0.3, -0.25) is 4.98 Å². The summed E-state index contributed by atoms with van der Waals surface area (Å²) in [5, 5.41) is 2.11. The molecule has 0 aromatic carbocycles. The normalized spacial score (nSPS) is 12.6. The molecule has 0 aliphatic heterocycles. The number of nitrogens with two attached hydrogens (primary N) is 1. The van der Waals surface area contributed by atoms with Crippen LogP contribution in [-0.4, -0.2) is 11.5 Å². The lowest BCUT2D eigenvalue weighted by atomic mass is 9.96. The minimum atomic E-state index is 0.409. The van der Waals surface area contributed by atoms with Gasteiger partial charge in [-0.15, -0.1) is 11.3 Å². The maximum absolute atomic E-state index is 5.81. The van der Waals surface area contributed by atoms with Crippen molar-refractivity contribution < 1.29 is 0 Å². The first-order chi connectivity index (χ1) is 7.40. The number of thiophene rings is 1. The smallest absolute Gasteiger partial charge is 0.0270 e. The number of hydrogen-bond acceptors (Lipinski definition) is 3. The molecule has 2 aromatic rings. The van der Waals surface area contributed by atoms with Crippen molar-refractivity contribution >= 4 is 11.3 Å². The molecule has 2 heterocycles. The zero-order chi connectivity index (χ0) is 10.5. The highest BCUT2D eigenvalue weighted by Crippen LogP contribution is 2.21. The SMILES string of the molecule is NCC(Cc1cccs1)c1ccncc1. The summed E-state index contributed by atoms with van der Waals surface area (Å²) < 4.78 is 0. The van der Waals surface area contributed by atoms with E-state index in [4.69, 9.17) is 5.73 Å². The second kappa shape index (κ2) is 5.05. The van der Waals surface area contributed by atoms with Crippen LogP contribution in [0.4, 0.5) is 0 Å². The molecule has 3 heteroatoms. The minimum Gasteiger partial charge on any atom is -0.330 e. The highest BCUT2D eigenvalue weighted by atomic mass is 32.1. The summed E-state index contributed by atoms with van der Waals surface area (Å²) in [7, 11) is 0. The molecule has 15 heavy (non-hydrogen) atoms. The van der Waals surface area contributed by atoms with Gasteiger partial charge in [-0.2, -0.15) is 0 Å². The van der Waals surface area contributed by atoms with Crippen molar-refractivity contribution in [1.82, 2.24) is 4.98 Å². The van der Waals surface area contributed by atoms with E-state index in [0.29, 0.717) is 12.5 Å². The summed E-state index contributed by atoms with van der Waals surface area (Å²) in [5.41, 5.74) is 7.08. The van der Waals surface area contributed by atoms with Crippen molar-refractivity contribution in [1.29, 1.82) is 0 Å². The molecule has 78 valence electrons. The molecule has 0 bridgehead atoms. The van der Waals surface area contributed by atoms with E-state index in [9.17, 15) is 0 Å². The fraction of sp³-hybridized carbons (Fsp3) is 0.250. The van der Waals surface area contributed by atoms with Crippen molar-refractivity contribution in [3.8, 4) is 0 Å². The van der Waals surface area contributed by atoms with E-state index in [1.807, 2.05) is 24.5 Å². The van der Waals surface area contributed by atoms with Crippen LogP contribution in [0.15, 0.2) is 42.0 Å². The summed E-state index contributed by atoms with van der Waals surface area (Å²) in [6, 6.07) is 8.34. The largest absolute Gasteiger partial charge is 0.330 e. The topological polar surface area (TPSA) is 38.9 Å². The number of aromatic nitrogens is 1. The molecule has 0 spiro atoms. The van der Waals surface area contributed by atoms with E-state index in [-0.39, 0.29) is 0 Å². The van der Waals surface area contributed by atoms with Crippen molar-refractivity contribution in [2.45, 2.75) is 12.3 Å². The molecule has 0 aliphatic rings. The second-order valence-electron chi connectivity index (χ2n) is 3.50. The maximum atomic E-state index is 5.81. The van der Waals surface area contributed by atoms with Crippen molar-refractivity contribution in [3.63, 3.8) is 0 Å². The first-order valence-electron chi connectivity index (χ1n) is 5.02. The zero-order valence-electron chi connectivity index (χ0n) is 8.47. The molecular formula is C12H14N2S. The van der Waals surface area contributed by atoms with Crippen molar-refractivity contribution in [2.75, 3.05) is 6.54 Å². The Morgan fingerprint density at radius 1 is 1.27 bits per heavy atom.